The van der Waals surface area contributed by atoms with Gasteiger partial charge in [-0.1, -0.05) is 42.0 Å². The van der Waals surface area contributed by atoms with E-state index in [1.54, 1.807) is 30.5 Å². The van der Waals surface area contributed by atoms with Crippen LogP contribution in [-0.4, -0.2) is 26.4 Å². The third kappa shape index (κ3) is 3.54. The molecule has 1 aliphatic rings. The largest absolute Gasteiger partial charge is 0.467 e. The van der Waals surface area contributed by atoms with Gasteiger partial charge in [0.1, 0.15) is 18.3 Å². The van der Waals surface area contributed by atoms with Crippen molar-refractivity contribution in [2.45, 2.75) is 25.9 Å². The Morgan fingerprint density at radius 1 is 1.10 bits per heavy atom. The molecule has 0 N–H and O–H groups in total. The Bertz CT molecular complexity index is 1340. The van der Waals surface area contributed by atoms with Gasteiger partial charge >= 0.3 is 0 Å². The number of carbonyl (C=O) groups is 1. The molecule has 0 radical (unpaired) electrons. The van der Waals surface area contributed by atoms with Crippen molar-refractivity contribution < 1.29 is 9.21 Å². The van der Waals surface area contributed by atoms with Crippen LogP contribution in [0.5, 0.6) is 0 Å². The summed E-state index contributed by atoms with van der Waals surface area (Å²) in [6.45, 7) is 1.99. The van der Waals surface area contributed by atoms with Crippen LogP contribution in [0.2, 0.25) is 0 Å². The molecular weight excluding hydrogens is 392 g/mol. The molecule has 0 spiro atoms. The Hall–Kier alpha value is -4.00. The van der Waals surface area contributed by atoms with Crippen LogP contribution in [0.15, 0.2) is 87.4 Å². The minimum atomic E-state index is -0.329. The maximum Gasteiger partial charge on any atom is 0.265 e. The topological polar surface area (TPSA) is 80.7 Å². The zero-order chi connectivity index (χ0) is 21.4. The van der Waals surface area contributed by atoms with Crippen molar-refractivity contribution in [2.24, 2.45) is 5.10 Å². The van der Waals surface area contributed by atoms with Crippen LogP contribution in [0.3, 0.4) is 0 Å². The number of hydrazone groups is 1. The summed E-state index contributed by atoms with van der Waals surface area (Å²) in [5.41, 5.74) is 3.40. The summed E-state index contributed by atoms with van der Waals surface area (Å²) in [5, 5.41) is 10.8. The molecule has 4 aromatic rings. The molecule has 1 amide bonds. The lowest BCUT2D eigenvalue weighted by Gasteiger charge is -2.20. The average molecular weight is 412 g/mol. The second kappa shape index (κ2) is 7.68. The van der Waals surface area contributed by atoms with Gasteiger partial charge in [0, 0.05) is 11.8 Å². The minimum absolute atomic E-state index is 0.0390. The van der Waals surface area contributed by atoms with E-state index >= 15 is 0 Å². The summed E-state index contributed by atoms with van der Waals surface area (Å²) >= 11 is 0. The molecular formula is C24H20N4O3. The fraction of sp³-hybridized carbons (Fsp3) is 0.167. The molecule has 7 nitrogen and oxygen atoms in total. The van der Waals surface area contributed by atoms with Crippen molar-refractivity contribution in [3.8, 4) is 0 Å². The highest BCUT2D eigenvalue weighted by Crippen LogP contribution is 2.33. The molecule has 5 rings (SSSR count). The molecule has 0 saturated carbocycles. The van der Waals surface area contributed by atoms with Gasteiger partial charge in [0.15, 0.2) is 0 Å². The summed E-state index contributed by atoms with van der Waals surface area (Å²) in [6, 6.07) is 18.5. The van der Waals surface area contributed by atoms with Crippen molar-refractivity contribution in [2.75, 3.05) is 0 Å². The molecule has 0 aliphatic carbocycles. The van der Waals surface area contributed by atoms with Gasteiger partial charge < -0.3 is 4.42 Å². The van der Waals surface area contributed by atoms with Crippen LogP contribution in [0, 0.1) is 6.92 Å². The molecule has 3 heterocycles. The number of rotatable bonds is 4. The van der Waals surface area contributed by atoms with Crippen molar-refractivity contribution in [3.63, 3.8) is 0 Å². The van der Waals surface area contributed by atoms with Gasteiger partial charge in [-0.15, -0.1) is 0 Å². The number of hydrogen-bond acceptors (Lipinski definition) is 5. The number of benzene rings is 2. The van der Waals surface area contributed by atoms with Crippen molar-refractivity contribution in [1.82, 2.24) is 14.8 Å². The van der Waals surface area contributed by atoms with E-state index in [1.807, 2.05) is 43.3 Å². The lowest BCUT2D eigenvalue weighted by atomic mass is 10.0. The van der Waals surface area contributed by atoms with E-state index in [0.717, 1.165) is 16.8 Å². The Morgan fingerprint density at radius 3 is 2.68 bits per heavy atom. The first-order chi connectivity index (χ1) is 15.1. The third-order valence-corrected chi connectivity index (χ3v) is 5.47. The van der Waals surface area contributed by atoms with E-state index in [-0.39, 0.29) is 23.9 Å². The van der Waals surface area contributed by atoms with E-state index in [9.17, 15) is 9.59 Å². The predicted octanol–water partition coefficient (Wildman–Crippen LogP) is 3.68. The van der Waals surface area contributed by atoms with Gasteiger partial charge in [-0.05, 0) is 36.8 Å². The van der Waals surface area contributed by atoms with Gasteiger partial charge in [0.2, 0.25) is 5.43 Å². The van der Waals surface area contributed by atoms with Gasteiger partial charge in [0.25, 0.3) is 5.91 Å². The van der Waals surface area contributed by atoms with Crippen LogP contribution in [0.1, 0.15) is 29.3 Å². The van der Waals surface area contributed by atoms with Crippen LogP contribution < -0.4 is 5.43 Å². The number of amides is 1. The number of para-hydroxylation sites is 1. The second-order valence-electron chi connectivity index (χ2n) is 7.57. The zero-order valence-corrected chi connectivity index (χ0v) is 16.9. The Labute approximate surface area is 178 Å². The number of furan rings is 1. The lowest BCUT2D eigenvalue weighted by molar-refractivity contribution is -0.134. The van der Waals surface area contributed by atoms with E-state index in [4.69, 9.17) is 4.42 Å². The third-order valence-electron chi connectivity index (χ3n) is 5.47. The highest BCUT2D eigenvalue weighted by atomic mass is 16.3. The monoisotopic (exact) mass is 412 g/mol. The molecule has 2 aromatic heterocycles. The second-order valence-corrected chi connectivity index (χ2v) is 7.57. The van der Waals surface area contributed by atoms with Crippen molar-refractivity contribution in [3.05, 3.63) is 100 Å². The zero-order valence-electron chi connectivity index (χ0n) is 16.9. The predicted molar refractivity (Wildman–Crippen MR) is 117 cm³/mol. The smallest absolute Gasteiger partial charge is 0.265 e. The number of aryl methyl sites for hydroxylation is 1. The van der Waals surface area contributed by atoms with Gasteiger partial charge in [-0.2, -0.15) is 10.2 Å². The number of nitrogens with zero attached hydrogens (tertiary/aromatic N) is 4. The summed E-state index contributed by atoms with van der Waals surface area (Å²) in [5.74, 6) is 0.446. The Morgan fingerprint density at radius 2 is 1.90 bits per heavy atom. The standard InChI is InChI=1S/C24H20N4O3/c1-16-8-10-17(11-9-16)19-13-21(23-7-4-12-31-23)28(26-19)24(30)15-27-20-6-3-2-5-18(20)22(29)14-25-27/h2-12,14,21H,13,15H2,1H3/t21-/m0/s1. The van der Waals surface area contributed by atoms with Crippen LogP contribution in [0.4, 0.5) is 0 Å². The molecule has 0 fully saturated rings. The highest BCUT2D eigenvalue weighted by molar-refractivity contribution is 6.03. The molecule has 2 aromatic carbocycles. The number of aromatic nitrogens is 2. The van der Waals surface area contributed by atoms with Gasteiger partial charge in [-0.3, -0.25) is 14.3 Å². The van der Waals surface area contributed by atoms with Crippen LogP contribution in [-0.2, 0) is 11.3 Å². The molecule has 31 heavy (non-hydrogen) atoms. The fourth-order valence-electron chi connectivity index (χ4n) is 3.85. The average Bonchev–Trinajstić information content (AvgIpc) is 3.46. The number of fused-ring (bicyclic) bond motifs is 1. The normalized spacial score (nSPS) is 16.0. The maximum atomic E-state index is 13.3. The summed E-state index contributed by atoms with van der Waals surface area (Å²) in [7, 11) is 0. The van der Waals surface area contributed by atoms with E-state index in [2.05, 4.69) is 10.2 Å². The molecule has 1 atom stereocenters. The fourth-order valence-corrected chi connectivity index (χ4v) is 3.85. The molecule has 0 unspecified atom stereocenters. The van der Waals surface area contributed by atoms with Gasteiger partial charge in [-0.25, -0.2) is 5.01 Å². The summed E-state index contributed by atoms with van der Waals surface area (Å²) in [6.07, 6.45) is 3.39. The van der Waals surface area contributed by atoms with Crippen LogP contribution in [0.25, 0.3) is 10.9 Å². The highest BCUT2D eigenvalue weighted by Gasteiger charge is 2.35. The molecule has 7 heteroatoms. The maximum absolute atomic E-state index is 13.3. The molecule has 154 valence electrons. The first-order valence-corrected chi connectivity index (χ1v) is 10.0. The molecule has 0 saturated heterocycles. The Balaban J connectivity index is 1.50. The van der Waals surface area contributed by atoms with E-state index < -0.39 is 0 Å². The molecule has 1 aliphatic heterocycles. The lowest BCUT2D eigenvalue weighted by Crippen LogP contribution is -2.31. The van der Waals surface area contributed by atoms with Crippen LogP contribution >= 0.6 is 0 Å². The number of carbonyl (C=O) groups excluding carboxylic acids is 1. The summed E-state index contributed by atoms with van der Waals surface area (Å²) in [4.78, 5) is 25.4. The van der Waals surface area contributed by atoms with Crippen molar-refractivity contribution in [1.29, 1.82) is 0 Å². The quantitative estimate of drug-likeness (QED) is 0.512. The summed E-state index contributed by atoms with van der Waals surface area (Å²) < 4.78 is 7.15. The SMILES string of the molecule is Cc1ccc(C2=NN(C(=O)Cn3ncc(=O)c4ccccc43)[C@H](c3ccco3)C2)cc1. The Kier molecular flexibility index (Phi) is 4.71. The number of hydrogen-bond donors (Lipinski definition) is 0. The van der Waals surface area contributed by atoms with Gasteiger partial charge in [0.05, 0.1) is 23.7 Å². The minimum Gasteiger partial charge on any atom is -0.467 e. The van der Waals surface area contributed by atoms with E-state index in [1.165, 1.54) is 15.9 Å². The first kappa shape index (κ1) is 19.0. The van der Waals surface area contributed by atoms with Crippen molar-refractivity contribution >= 4 is 22.5 Å². The molecule has 0 bridgehead atoms. The first-order valence-electron chi connectivity index (χ1n) is 10.0. The van der Waals surface area contributed by atoms with E-state index in [0.29, 0.717) is 23.1 Å².